The molecule has 3 aromatic rings. The van der Waals surface area contributed by atoms with E-state index >= 15 is 0 Å². The van der Waals surface area contributed by atoms with E-state index in [0.717, 1.165) is 5.56 Å². The van der Waals surface area contributed by atoms with E-state index in [0.29, 0.717) is 23.0 Å². The second-order valence-corrected chi connectivity index (χ2v) is 8.52. The maximum atomic E-state index is 12.6. The standard InChI is InChI=1S/C19H21N3O6S/c1-12-4-7-18(29(26,27)28)15(10-12)13(2)8-9-21-17-11-14(22(24)25)5-6-16(17)20(3)19(21)23/h4-7,10-11,13H,8-9H2,1-3H3,(H,26,27,28)/t13-/m1/s1. The molecule has 0 spiro atoms. The van der Waals surface area contributed by atoms with Crippen LogP contribution in [0, 0.1) is 17.0 Å². The van der Waals surface area contributed by atoms with Gasteiger partial charge in [-0.25, -0.2) is 4.79 Å². The van der Waals surface area contributed by atoms with Gasteiger partial charge in [0, 0.05) is 25.7 Å². The molecule has 1 heterocycles. The van der Waals surface area contributed by atoms with Crippen LogP contribution < -0.4 is 5.69 Å². The molecule has 2 aromatic carbocycles. The predicted octanol–water partition coefficient (Wildman–Crippen LogP) is 3.00. The lowest BCUT2D eigenvalue weighted by molar-refractivity contribution is -0.384. The molecule has 0 aliphatic rings. The number of aromatic nitrogens is 2. The number of nitro groups is 1. The molecular weight excluding hydrogens is 398 g/mol. The lowest BCUT2D eigenvalue weighted by Gasteiger charge is -2.16. The lowest BCUT2D eigenvalue weighted by Crippen LogP contribution is -2.23. The number of nitrogens with zero attached hydrogens (tertiary/aromatic N) is 3. The molecule has 3 rings (SSSR count). The van der Waals surface area contributed by atoms with Crippen molar-refractivity contribution in [2.75, 3.05) is 0 Å². The molecule has 0 saturated carbocycles. The number of rotatable bonds is 6. The molecule has 9 nitrogen and oxygen atoms in total. The van der Waals surface area contributed by atoms with Crippen LogP contribution in [0.2, 0.25) is 0 Å². The van der Waals surface area contributed by atoms with Crippen LogP contribution in [0.15, 0.2) is 46.1 Å². The Labute approximate surface area is 167 Å². The Kier molecular flexibility index (Phi) is 5.33. The van der Waals surface area contributed by atoms with Crippen LogP contribution in [0.25, 0.3) is 11.0 Å². The number of hydrogen-bond donors (Lipinski definition) is 1. The highest BCUT2D eigenvalue weighted by molar-refractivity contribution is 7.85. The SMILES string of the molecule is Cc1ccc(S(=O)(=O)O)c([C@H](C)CCn2c(=O)n(C)c3ccc([N+](=O)[O-])cc32)c1. The van der Waals surface area contributed by atoms with Crippen LogP contribution in [0.1, 0.15) is 30.4 Å². The smallest absolute Gasteiger partial charge is 0.295 e. The molecule has 29 heavy (non-hydrogen) atoms. The van der Waals surface area contributed by atoms with Crippen LogP contribution in [0.3, 0.4) is 0 Å². The summed E-state index contributed by atoms with van der Waals surface area (Å²) < 4.78 is 35.8. The minimum absolute atomic E-state index is 0.114. The number of non-ortho nitro benzene ring substituents is 1. The number of hydrogen-bond acceptors (Lipinski definition) is 5. The molecular formula is C19H21N3O6S. The fourth-order valence-corrected chi connectivity index (χ4v) is 4.29. The van der Waals surface area contributed by atoms with Gasteiger partial charge < -0.3 is 0 Å². The Balaban J connectivity index is 1.99. The summed E-state index contributed by atoms with van der Waals surface area (Å²) >= 11 is 0. The zero-order valence-corrected chi connectivity index (χ0v) is 17.0. The zero-order chi connectivity index (χ0) is 21.5. The third kappa shape index (κ3) is 3.94. The van der Waals surface area contributed by atoms with E-state index < -0.39 is 15.0 Å². The minimum atomic E-state index is -4.38. The highest BCUT2D eigenvalue weighted by Gasteiger charge is 2.21. The Morgan fingerprint density at radius 2 is 1.86 bits per heavy atom. The third-order valence-electron chi connectivity index (χ3n) is 5.10. The van der Waals surface area contributed by atoms with Crippen molar-refractivity contribution >= 4 is 26.8 Å². The van der Waals surface area contributed by atoms with E-state index in [4.69, 9.17) is 0 Å². The Hall–Kier alpha value is -2.98. The first kappa shape index (κ1) is 20.7. The van der Waals surface area contributed by atoms with Crippen molar-refractivity contribution in [2.24, 2.45) is 7.05 Å². The van der Waals surface area contributed by atoms with E-state index in [1.807, 2.05) is 13.8 Å². The van der Waals surface area contributed by atoms with Crippen molar-refractivity contribution in [3.05, 3.63) is 68.1 Å². The van der Waals surface area contributed by atoms with Gasteiger partial charge in [-0.2, -0.15) is 8.42 Å². The Morgan fingerprint density at radius 1 is 1.17 bits per heavy atom. The van der Waals surface area contributed by atoms with Gasteiger partial charge in [0.2, 0.25) is 0 Å². The summed E-state index contributed by atoms with van der Waals surface area (Å²) in [6.07, 6.45) is 0.397. The van der Waals surface area contributed by atoms with Crippen molar-refractivity contribution in [2.45, 2.75) is 37.6 Å². The molecule has 0 saturated heterocycles. The van der Waals surface area contributed by atoms with Gasteiger partial charge in [0.1, 0.15) is 0 Å². The molecule has 1 N–H and O–H groups in total. The van der Waals surface area contributed by atoms with Crippen molar-refractivity contribution in [1.82, 2.24) is 9.13 Å². The topological polar surface area (TPSA) is 124 Å². The summed E-state index contributed by atoms with van der Waals surface area (Å²) in [5.41, 5.74) is 1.90. The minimum Gasteiger partial charge on any atom is -0.295 e. The van der Waals surface area contributed by atoms with E-state index in [1.165, 1.54) is 33.4 Å². The molecule has 0 radical (unpaired) electrons. The summed E-state index contributed by atoms with van der Waals surface area (Å²) in [6.45, 7) is 3.86. The Bertz CT molecular complexity index is 1270. The van der Waals surface area contributed by atoms with E-state index in [2.05, 4.69) is 0 Å². The van der Waals surface area contributed by atoms with Gasteiger partial charge in [0.25, 0.3) is 15.8 Å². The van der Waals surface area contributed by atoms with Crippen LogP contribution in [-0.4, -0.2) is 27.0 Å². The van der Waals surface area contributed by atoms with Crippen LogP contribution in [0.4, 0.5) is 5.69 Å². The number of aryl methyl sites for hydroxylation is 3. The quantitative estimate of drug-likeness (QED) is 0.372. The molecule has 0 bridgehead atoms. The van der Waals surface area contributed by atoms with Crippen LogP contribution in [-0.2, 0) is 23.7 Å². The number of fused-ring (bicyclic) bond motifs is 1. The Morgan fingerprint density at radius 3 is 2.48 bits per heavy atom. The van der Waals surface area contributed by atoms with E-state index in [1.54, 1.807) is 19.2 Å². The first-order chi connectivity index (χ1) is 13.5. The van der Waals surface area contributed by atoms with Gasteiger partial charge in [-0.05, 0) is 37.0 Å². The monoisotopic (exact) mass is 419 g/mol. The molecule has 0 fully saturated rings. The van der Waals surface area contributed by atoms with E-state index in [-0.39, 0.29) is 28.7 Å². The molecule has 154 valence electrons. The van der Waals surface area contributed by atoms with Gasteiger partial charge >= 0.3 is 5.69 Å². The first-order valence-electron chi connectivity index (χ1n) is 8.92. The highest BCUT2D eigenvalue weighted by Crippen LogP contribution is 2.28. The summed E-state index contributed by atoms with van der Waals surface area (Å²) in [4.78, 5) is 23.0. The van der Waals surface area contributed by atoms with Crippen molar-refractivity contribution in [3.8, 4) is 0 Å². The molecule has 0 aliphatic heterocycles. The average Bonchev–Trinajstić information content (AvgIpc) is 2.88. The lowest BCUT2D eigenvalue weighted by atomic mass is 9.96. The van der Waals surface area contributed by atoms with Gasteiger partial charge in [0.05, 0.1) is 20.9 Å². The van der Waals surface area contributed by atoms with E-state index in [9.17, 15) is 27.9 Å². The maximum Gasteiger partial charge on any atom is 0.328 e. The highest BCUT2D eigenvalue weighted by atomic mass is 32.2. The summed E-state index contributed by atoms with van der Waals surface area (Å²) in [6, 6.07) is 8.91. The molecule has 10 heteroatoms. The second kappa shape index (κ2) is 7.45. The predicted molar refractivity (Wildman–Crippen MR) is 108 cm³/mol. The van der Waals surface area contributed by atoms with Gasteiger partial charge in [-0.1, -0.05) is 24.6 Å². The first-order valence-corrected chi connectivity index (χ1v) is 10.4. The van der Waals surface area contributed by atoms with Crippen molar-refractivity contribution in [1.29, 1.82) is 0 Å². The third-order valence-corrected chi connectivity index (χ3v) is 6.03. The largest absolute Gasteiger partial charge is 0.328 e. The molecule has 1 aromatic heterocycles. The van der Waals surface area contributed by atoms with Gasteiger partial charge in [0.15, 0.2) is 0 Å². The van der Waals surface area contributed by atoms with Crippen molar-refractivity contribution in [3.63, 3.8) is 0 Å². The maximum absolute atomic E-state index is 12.6. The molecule has 0 unspecified atom stereocenters. The van der Waals surface area contributed by atoms with Gasteiger partial charge in [-0.3, -0.25) is 23.8 Å². The summed E-state index contributed by atoms with van der Waals surface area (Å²) in [7, 11) is -2.79. The van der Waals surface area contributed by atoms with Crippen LogP contribution in [0.5, 0.6) is 0 Å². The zero-order valence-electron chi connectivity index (χ0n) is 16.2. The molecule has 0 aliphatic carbocycles. The molecule has 0 amide bonds. The summed E-state index contributed by atoms with van der Waals surface area (Å²) in [5, 5.41) is 11.1. The second-order valence-electron chi connectivity index (χ2n) is 7.13. The van der Waals surface area contributed by atoms with Crippen LogP contribution >= 0.6 is 0 Å². The number of nitro benzene ring substituents is 1. The fourth-order valence-electron chi connectivity index (χ4n) is 3.49. The number of benzene rings is 2. The summed E-state index contributed by atoms with van der Waals surface area (Å²) in [5.74, 6) is -0.285. The molecule has 1 atom stereocenters. The number of imidazole rings is 1. The fraction of sp³-hybridized carbons (Fsp3) is 0.316. The average molecular weight is 419 g/mol. The van der Waals surface area contributed by atoms with Gasteiger partial charge in [-0.15, -0.1) is 0 Å². The van der Waals surface area contributed by atoms with Crippen molar-refractivity contribution < 1.29 is 17.9 Å². The normalized spacial score (nSPS) is 13.0.